The van der Waals surface area contributed by atoms with Crippen LogP contribution in [0.2, 0.25) is 5.02 Å². The molecule has 3 fully saturated rings. The summed E-state index contributed by atoms with van der Waals surface area (Å²) in [5.74, 6) is 1.09. The Morgan fingerprint density at radius 2 is 1.62 bits per heavy atom. The Hall–Kier alpha value is -3.12. The Kier molecular flexibility index (Phi) is 9.41. The van der Waals surface area contributed by atoms with Gasteiger partial charge in [-0.25, -0.2) is 0 Å². The highest BCUT2D eigenvalue weighted by Gasteiger charge is 2.49. The van der Waals surface area contributed by atoms with E-state index in [1.807, 2.05) is 12.1 Å². The average Bonchev–Trinajstić information content (AvgIpc) is 3.48. The number of benzene rings is 2. The summed E-state index contributed by atoms with van der Waals surface area (Å²) in [7, 11) is 8.62. The molecule has 5 heterocycles. The molecule has 0 radical (unpaired) electrons. The number of ether oxygens (including phenoxy) is 1. The largest absolute Gasteiger partial charge is 0.467 e. The van der Waals surface area contributed by atoms with Gasteiger partial charge in [0.25, 0.3) is 0 Å². The van der Waals surface area contributed by atoms with Crippen LogP contribution >= 0.6 is 11.6 Å². The van der Waals surface area contributed by atoms with E-state index < -0.39 is 0 Å². The summed E-state index contributed by atoms with van der Waals surface area (Å²) in [6, 6.07) is 16.0. The maximum atomic E-state index is 7.32. The lowest BCUT2D eigenvalue weighted by Crippen LogP contribution is -2.62. The van der Waals surface area contributed by atoms with E-state index in [2.05, 4.69) is 60.1 Å². The van der Waals surface area contributed by atoms with Gasteiger partial charge in [-0.15, -0.1) is 0 Å². The number of quaternary nitrogens is 1. The zero-order chi connectivity index (χ0) is 29.9. The average molecular weight is 591 g/mol. The van der Waals surface area contributed by atoms with Gasteiger partial charge in [0.2, 0.25) is 0 Å². The van der Waals surface area contributed by atoms with Crippen molar-refractivity contribution in [1.29, 1.82) is 5.26 Å². The molecule has 3 aromatic rings. The van der Waals surface area contributed by atoms with E-state index in [0.29, 0.717) is 18.1 Å². The van der Waals surface area contributed by atoms with Crippen molar-refractivity contribution >= 4 is 33.9 Å². The van der Waals surface area contributed by atoms with Crippen LogP contribution in [0.1, 0.15) is 43.9 Å². The molecule has 9 heteroatoms. The summed E-state index contributed by atoms with van der Waals surface area (Å²) in [4.78, 5) is 17.0. The molecule has 0 amide bonds. The number of hydrogen-bond acceptors (Lipinski definition) is 7. The molecule has 0 N–H and O–H groups in total. The molecule has 8 nitrogen and oxygen atoms in total. The summed E-state index contributed by atoms with van der Waals surface area (Å²) in [5.41, 5.74) is 3.52. The van der Waals surface area contributed by atoms with Crippen molar-refractivity contribution in [3.8, 4) is 12.1 Å². The van der Waals surface area contributed by atoms with E-state index >= 15 is 0 Å². The van der Waals surface area contributed by atoms with Crippen molar-refractivity contribution in [2.75, 3.05) is 70.8 Å². The summed E-state index contributed by atoms with van der Waals surface area (Å²) < 4.78 is 6.70. The van der Waals surface area contributed by atoms with Crippen molar-refractivity contribution in [3.63, 3.8) is 0 Å². The zero-order valence-corrected chi connectivity index (χ0v) is 26.6. The van der Waals surface area contributed by atoms with Crippen LogP contribution in [0.3, 0.4) is 0 Å². The molecule has 7 rings (SSSR count). The molecule has 2 bridgehead atoms. The lowest BCUT2D eigenvalue weighted by atomic mass is 10.0. The highest BCUT2D eigenvalue weighted by atomic mass is 35.5. The minimum Gasteiger partial charge on any atom is -0.467 e. The molecular weight excluding hydrogens is 546 g/mol. The normalized spacial score (nSPS) is 22.4. The molecule has 224 valence electrons. The number of hydrogen-bond donors (Lipinski definition) is 0. The fourth-order valence-corrected chi connectivity index (χ4v) is 7.35. The predicted molar refractivity (Wildman–Crippen MR) is 171 cm³/mol. The Balaban J connectivity index is 0.000000340. The van der Waals surface area contributed by atoms with Crippen LogP contribution in [0, 0.1) is 11.3 Å². The third-order valence-corrected chi connectivity index (χ3v) is 9.90. The molecule has 0 spiro atoms. The second-order valence-electron chi connectivity index (χ2n) is 12.4. The summed E-state index contributed by atoms with van der Waals surface area (Å²) >= 11 is 6.63. The third-order valence-electron chi connectivity index (χ3n) is 9.58. The first-order valence-electron chi connectivity index (χ1n) is 15.2. The van der Waals surface area contributed by atoms with E-state index in [-0.39, 0.29) is 0 Å². The molecule has 42 heavy (non-hydrogen) atoms. The number of halogens is 1. The Labute approximate surface area is 256 Å². The topological polar surface area (TPSA) is 68.5 Å². The molecule has 4 aliphatic heterocycles. The van der Waals surface area contributed by atoms with Crippen LogP contribution in [-0.4, -0.2) is 92.4 Å². The number of nitrogens with zero attached hydrogens (tertiary/aromatic N) is 7. The van der Waals surface area contributed by atoms with Crippen molar-refractivity contribution in [3.05, 3.63) is 52.7 Å². The third kappa shape index (κ3) is 6.15. The number of likely N-dealkylation sites (tertiary alicyclic amines) is 1. The lowest BCUT2D eigenvalue weighted by molar-refractivity contribution is -0.925. The summed E-state index contributed by atoms with van der Waals surface area (Å²) in [5, 5.41) is 10.4. The maximum absolute atomic E-state index is 7.32. The number of nitriles is 1. The fraction of sp³-hybridized carbons (Fsp3) is 0.545. The van der Waals surface area contributed by atoms with Gasteiger partial charge in [0.05, 0.1) is 57.6 Å². The van der Waals surface area contributed by atoms with Crippen molar-refractivity contribution in [2.45, 2.75) is 57.7 Å². The van der Waals surface area contributed by atoms with E-state index in [1.165, 1.54) is 51.3 Å². The van der Waals surface area contributed by atoms with Gasteiger partial charge in [0.1, 0.15) is 17.9 Å². The van der Waals surface area contributed by atoms with Crippen LogP contribution in [0.4, 0.5) is 11.5 Å². The second-order valence-corrected chi connectivity index (χ2v) is 12.8. The number of piperazine rings is 1. The molecule has 0 aliphatic carbocycles. The van der Waals surface area contributed by atoms with Crippen LogP contribution in [0.5, 0.6) is 6.01 Å². The first-order valence-corrected chi connectivity index (χ1v) is 15.6. The lowest BCUT2D eigenvalue weighted by Gasteiger charge is -2.46. The standard InChI is InChI=1S/C26H31ClN5O.C5H11N.C2H3N/c1-32(2)18-10-11-19(32)15-31(14-18)25-20-12-13-30(16-22(20)28-26(29-25)33-3)23-9-5-7-17-6-4-8-21(27)24(17)23;1-6-4-2-3-5-6;1-2-3/h4-9,18-19H,10-16H2,1-3H3;2-5H2,1H3;1H3/q+1;;/t18-,19?;;/m1../s1. The maximum Gasteiger partial charge on any atom is 0.318 e. The van der Waals surface area contributed by atoms with Gasteiger partial charge in [-0.2, -0.15) is 15.2 Å². The molecular formula is C33H45ClN7O+. The summed E-state index contributed by atoms with van der Waals surface area (Å²) in [6.07, 6.45) is 6.34. The first kappa shape index (κ1) is 30.3. The molecule has 2 atom stereocenters. The number of likely N-dealkylation sites (N-methyl/N-ethyl adjacent to an activating group) is 1. The number of anilines is 2. The van der Waals surface area contributed by atoms with Crippen molar-refractivity contribution in [2.24, 2.45) is 0 Å². The van der Waals surface area contributed by atoms with Gasteiger partial charge in [0.15, 0.2) is 0 Å². The number of aromatic nitrogens is 2. The van der Waals surface area contributed by atoms with Crippen LogP contribution in [0.25, 0.3) is 10.8 Å². The van der Waals surface area contributed by atoms with Crippen molar-refractivity contribution < 1.29 is 9.22 Å². The van der Waals surface area contributed by atoms with Gasteiger partial charge in [0, 0.05) is 42.9 Å². The smallest absolute Gasteiger partial charge is 0.318 e. The highest BCUT2D eigenvalue weighted by Crippen LogP contribution is 2.40. The molecule has 1 unspecified atom stereocenters. The van der Waals surface area contributed by atoms with E-state index in [0.717, 1.165) is 70.1 Å². The summed E-state index contributed by atoms with van der Waals surface area (Å²) in [6.45, 7) is 7.83. The quantitative estimate of drug-likeness (QED) is 0.372. The first-order chi connectivity index (χ1) is 20.3. The monoisotopic (exact) mass is 590 g/mol. The fourth-order valence-electron chi connectivity index (χ4n) is 7.07. The molecule has 0 saturated carbocycles. The minimum absolute atomic E-state index is 0.466. The van der Waals surface area contributed by atoms with Gasteiger partial charge >= 0.3 is 6.01 Å². The van der Waals surface area contributed by atoms with E-state index in [9.17, 15) is 0 Å². The predicted octanol–water partition coefficient (Wildman–Crippen LogP) is 5.52. The van der Waals surface area contributed by atoms with Crippen molar-refractivity contribution in [1.82, 2.24) is 14.9 Å². The van der Waals surface area contributed by atoms with Crippen LogP contribution < -0.4 is 14.5 Å². The van der Waals surface area contributed by atoms with E-state index in [4.69, 9.17) is 31.6 Å². The molecule has 3 saturated heterocycles. The minimum atomic E-state index is 0.466. The van der Waals surface area contributed by atoms with Gasteiger partial charge in [-0.3, -0.25) is 0 Å². The van der Waals surface area contributed by atoms with Crippen LogP contribution in [0.15, 0.2) is 36.4 Å². The Morgan fingerprint density at radius 3 is 2.21 bits per heavy atom. The molecule has 1 aromatic heterocycles. The number of fused-ring (bicyclic) bond motifs is 4. The second kappa shape index (κ2) is 13.0. The highest BCUT2D eigenvalue weighted by molar-refractivity contribution is 6.36. The molecule has 4 aliphatic rings. The van der Waals surface area contributed by atoms with Gasteiger partial charge < -0.3 is 23.9 Å². The van der Waals surface area contributed by atoms with E-state index in [1.54, 1.807) is 13.2 Å². The Morgan fingerprint density at radius 1 is 0.976 bits per heavy atom. The number of rotatable bonds is 3. The Bertz CT molecular complexity index is 1410. The van der Waals surface area contributed by atoms with Gasteiger partial charge in [-0.05, 0) is 56.9 Å². The van der Waals surface area contributed by atoms with Crippen LogP contribution in [-0.2, 0) is 13.0 Å². The zero-order valence-electron chi connectivity index (χ0n) is 25.8. The van der Waals surface area contributed by atoms with Gasteiger partial charge in [-0.1, -0.05) is 35.9 Å². The number of methoxy groups -OCH3 is 1. The SMILES string of the molecule is CC#N.CN1CCCC1.COc1nc2c(c(N3CC4CC[C@H](C3)[N+]4(C)C)n1)CCN(c1cccc3cccc(Cl)c13)C2. The molecule has 2 aromatic carbocycles.